The molecule has 0 aliphatic heterocycles. The number of hydrogen-bond donors (Lipinski definition) is 0. The number of halogens is 1. The number of rotatable bonds is 6. The number of nitro groups is 1. The molecule has 0 spiro atoms. The molecule has 1 heterocycles. The van der Waals surface area contributed by atoms with Crippen molar-refractivity contribution in [2.45, 2.75) is 25.8 Å². The molecule has 0 amide bonds. The van der Waals surface area contributed by atoms with E-state index in [-0.39, 0.29) is 5.69 Å². The zero-order valence-corrected chi connectivity index (χ0v) is 10.9. The van der Waals surface area contributed by atoms with Crippen LogP contribution in [0.1, 0.15) is 19.3 Å². The van der Waals surface area contributed by atoms with Gasteiger partial charge in [0.25, 0.3) is 5.69 Å². The van der Waals surface area contributed by atoms with Crippen molar-refractivity contribution in [3.8, 4) is 0 Å². The maximum atomic E-state index is 11.7. The predicted molar refractivity (Wildman–Crippen MR) is 71.7 cm³/mol. The number of aromatic nitrogens is 1. The molecule has 1 aromatic heterocycles. The lowest BCUT2D eigenvalue weighted by Crippen LogP contribution is -2.14. The SMILES string of the molecule is O=c1oc2ccc([N+](=O)[O-])cc2n1CCCCCCl. The molecule has 0 unspecified atom stereocenters. The van der Waals surface area contributed by atoms with Gasteiger partial charge in [-0.15, -0.1) is 11.6 Å². The van der Waals surface area contributed by atoms with Crippen molar-refractivity contribution in [2.75, 3.05) is 5.88 Å². The Balaban J connectivity index is 2.30. The summed E-state index contributed by atoms with van der Waals surface area (Å²) in [6.45, 7) is 0.476. The van der Waals surface area contributed by atoms with E-state index in [0.717, 1.165) is 19.3 Å². The second kappa shape index (κ2) is 5.88. The number of fused-ring (bicyclic) bond motifs is 1. The average molecular weight is 285 g/mol. The van der Waals surface area contributed by atoms with Gasteiger partial charge in [0.05, 0.1) is 10.4 Å². The Morgan fingerprint density at radius 3 is 2.79 bits per heavy atom. The number of alkyl halides is 1. The van der Waals surface area contributed by atoms with Gasteiger partial charge < -0.3 is 4.42 Å². The molecule has 2 aromatic rings. The first-order valence-electron chi connectivity index (χ1n) is 5.97. The molecule has 102 valence electrons. The summed E-state index contributed by atoms with van der Waals surface area (Å²) in [5.41, 5.74) is 0.779. The van der Waals surface area contributed by atoms with Crippen molar-refractivity contribution in [3.05, 3.63) is 38.9 Å². The van der Waals surface area contributed by atoms with Crippen LogP contribution >= 0.6 is 11.6 Å². The highest BCUT2D eigenvalue weighted by atomic mass is 35.5. The largest absolute Gasteiger partial charge is 0.419 e. The van der Waals surface area contributed by atoms with E-state index in [9.17, 15) is 14.9 Å². The number of unbranched alkanes of at least 4 members (excludes halogenated alkanes) is 2. The molecule has 0 aliphatic rings. The minimum Gasteiger partial charge on any atom is -0.408 e. The molecule has 0 atom stereocenters. The minimum atomic E-state index is -0.491. The monoisotopic (exact) mass is 284 g/mol. The molecule has 0 bridgehead atoms. The van der Waals surface area contributed by atoms with Crippen LogP contribution in [-0.4, -0.2) is 15.4 Å². The van der Waals surface area contributed by atoms with E-state index >= 15 is 0 Å². The van der Waals surface area contributed by atoms with Gasteiger partial charge in [0.2, 0.25) is 0 Å². The van der Waals surface area contributed by atoms with E-state index in [2.05, 4.69) is 0 Å². The molecule has 19 heavy (non-hydrogen) atoms. The van der Waals surface area contributed by atoms with E-state index in [0.29, 0.717) is 23.5 Å². The molecule has 6 nitrogen and oxygen atoms in total. The lowest BCUT2D eigenvalue weighted by molar-refractivity contribution is -0.384. The maximum absolute atomic E-state index is 11.7. The third kappa shape index (κ3) is 2.96. The van der Waals surface area contributed by atoms with Crippen molar-refractivity contribution in [1.29, 1.82) is 0 Å². The highest BCUT2D eigenvalue weighted by Crippen LogP contribution is 2.20. The third-order valence-corrected chi connectivity index (χ3v) is 3.14. The molecule has 0 saturated carbocycles. The fourth-order valence-electron chi connectivity index (χ4n) is 1.92. The Labute approximate surface area is 113 Å². The Kier molecular flexibility index (Phi) is 4.21. The lowest BCUT2D eigenvalue weighted by atomic mass is 10.2. The predicted octanol–water partition coefficient (Wildman–Crippen LogP) is 2.91. The number of benzene rings is 1. The van der Waals surface area contributed by atoms with Gasteiger partial charge in [-0.1, -0.05) is 6.42 Å². The fraction of sp³-hybridized carbons (Fsp3) is 0.417. The molecule has 1 aromatic carbocycles. The summed E-state index contributed by atoms with van der Waals surface area (Å²) in [6.07, 6.45) is 2.56. The van der Waals surface area contributed by atoms with Crippen molar-refractivity contribution >= 4 is 28.4 Å². The molecule has 2 rings (SSSR count). The molecule has 0 fully saturated rings. The minimum absolute atomic E-state index is 0.0530. The number of nitro benzene ring substituents is 1. The summed E-state index contributed by atoms with van der Waals surface area (Å²) in [5.74, 6) is 0.105. The van der Waals surface area contributed by atoms with Crippen LogP contribution < -0.4 is 5.76 Å². The number of nitrogens with zero attached hydrogens (tertiary/aromatic N) is 2. The highest BCUT2D eigenvalue weighted by Gasteiger charge is 2.13. The van der Waals surface area contributed by atoms with Gasteiger partial charge >= 0.3 is 5.76 Å². The van der Waals surface area contributed by atoms with Gasteiger partial charge in [-0.3, -0.25) is 14.7 Å². The summed E-state index contributed by atoms with van der Waals surface area (Å²) >= 11 is 5.58. The second-order valence-electron chi connectivity index (χ2n) is 4.18. The zero-order chi connectivity index (χ0) is 13.8. The topological polar surface area (TPSA) is 78.3 Å². The molecule has 0 N–H and O–H groups in total. The van der Waals surface area contributed by atoms with Gasteiger partial charge in [0.1, 0.15) is 0 Å². The van der Waals surface area contributed by atoms with Crippen LogP contribution in [0.15, 0.2) is 27.4 Å². The van der Waals surface area contributed by atoms with Crippen LogP contribution in [0.4, 0.5) is 5.69 Å². The Hall–Kier alpha value is -1.82. The van der Waals surface area contributed by atoms with E-state index < -0.39 is 10.7 Å². The van der Waals surface area contributed by atoms with E-state index in [4.69, 9.17) is 16.0 Å². The van der Waals surface area contributed by atoms with Gasteiger partial charge in [0.15, 0.2) is 5.58 Å². The van der Waals surface area contributed by atoms with Crippen LogP contribution in [0.5, 0.6) is 0 Å². The summed E-state index contributed by atoms with van der Waals surface area (Å²) < 4.78 is 6.48. The number of non-ortho nitro benzene ring substituents is 1. The standard InChI is InChI=1S/C12H13ClN2O4/c13-6-2-1-3-7-14-10-8-9(15(17)18)4-5-11(10)19-12(14)16/h4-5,8H,1-3,6-7H2. The summed E-state index contributed by atoms with van der Waals surface area (Å²) in [6, 6.07) is 4.13. The van der Waals surface area contributed by atoms with Gasteiger partial charge in [-0.2, -0.15) is 0 Å². The van der Waals surface area contributed by atoms with Crippen LogP contribution in [0.2, 0.25) is 0 Å². The molecule has 7 heteroatoms. The van der Waals surface area contributed by atoms with E-state index in [1.165, 1.54) is 22.8 Å². The first-order chi connectivity index (χ1) is 9.13. The van der Waals surface area contributed by atoms with Crippen molar-refractivity contribution in [2.24, 2.45) is 0 Å². The van der Waals surface area contributed by atoms with Gasteiger partial charge in [-0.25, -0.2) is 4.79 Å². The number of hydrogen-bond acceptors (Lipinski definition) is 4. The van der Waals surface area contributed by atoms with E-state index in [1.807, 2.05) is 0 Å². The summed E-state index contributed by atoms with van der Waals surface area (Å²) in [4.78, 5) is 21.9. The van der Waals surface area contributed by atoms with Crippen molar-refractivity contribution < 1.29 is 9.34 Å². The first-order valence-corrected chi connectivity index (χ1v) is 6.50. The summed E-state index contributed by atoms with van der Waals surface area (Å²) in [7, 11) is 0. The first kappa shape index (κ1) is 13.6. The van der Waals surface area contributed by atoms with E-state index in [1.54, 1.807) is 0 Å². The van der Waals surface area contributed by atoms with Crippen LogP contribution in [0.25, 0.3) is 11.1 Å². The Bertz CT molecular complexity index is 647. The molecule has 0 aliphatic carbocycles. The molecular formula is C12H13ClN2O4. The highest BCUT2D eigenvalue weighted by molar-refractivity contribution is 6.17. The van der Waals surface area contributed by atoms with Gasteiger partial charge in [-0.05, 0) is 18.9 Å². The number of aryl methyl sites for hydroxylation is 1. The van der Waals surface area contributed by atoms with Crippen molar-refractivity contribution in [1.82, 2.24) is 4.57 Å². The smallest absolute Gasteiger partial charge is 0.408 e. The maximum Gasteiger partial charge on any atom is 0.419 e. The number of oxazole rings is 1. The average Bonchev–Trinajstić information content (AvgIpc) is 2.70. The Morgan fingerprint density at radius 2 is 2.11 bits per heavy atom. The third-order valence-electron chi connectivity index (χ3n) is 2.88. The Morgan fingerprint density at radius 1 is 1.32 bits per heavy atom. The summed E-state index contributed by atoms with van der Waals surface area (Å²) in [5, 5.41) is 10.7. The zero-order valence-electron chi connectivity index (χ0n) is 10.2. The lowest BCUT2D eigenvalue weighted by Gasteiger charge is -2.01. The fourth-order valence-corrected chi connectivity index (χ4v) is 2.11. The normalized spacial score (nSPS) is 11.0. The van der Waals surface area contributed by atoms with Crippen LogP contribution in [0.3, 0.4) is 0 Å². The van der Waals surface area contributed by atoms with Crippen LogP contribution in [0, 0.1) is 10.1 Å². The second-order valence-corrected chi connectivity index (χ2v) is 4.56. The van der Waals surface area contributed by atoms with Crippen molar-refractivity contribution in [3.63, 3.8) is 0 Å². The van der Waals surface area contributed by atoms with Crippen LogP contribution in [-0.2, 0) is 6.54 Å². The van der Waals surface area contributed by atoms with Gasteiger partial charge in [0, 0.05) is 24.6 Å². The molecule has 0 saturated heterocycles. The quantitative estimate of drug-likeness (QED) is 0.354. The molecule has 0 radical (unpaired) electrons. The molecular weight excluding hydrogens is 272 g/mol.